The van der Waals surface area contributed by atoms with Crippen molar-refractivity contribution in [2.45, 2.75) is 26.8 Å². The molecule has 0 spiro atoms. The predicted molar refractivity (Wildman–Crippen MR) is 90.7 cm³/mol. The standard InChI is InChI=1S/C16H25N3O2.ClH/c1-4-18-14(20)11-19(5-2)16(21)12(3)15(17)13-9-7-6-8-10-13;/h6-10,12,15H,4-5,11,17H2,1-3H3,(H,18,20);1H. The summed E-state index contributed by atoms with van der Waals surface area (Å²) in [6, 6.07) is 9.17. The first-order valence-electron chi connectivity index (χ1n) is 7.37. The van der Waals surface area contributed by atoms with Gasteiger partial charge in [0.1, 0.15) is 0 Å². The summed E-state index contributed by atoms with van der Waals surface area (Å²) >= 11 is 0. The molecule has 0 heterocycles. The number of carbonyl (C=O) groups is 2. The molecule has 2 amide bonds. The Labute approximate surface area is 138 Å². The van der Waals surface area contributed by atoms with Crippen LogP contribution in [-0.4, -0.2) is 36.3 Å². The number of hydrogen-bond donors (Lipinski definition) is 2. The molecule has 124 valence electrons. The Morgan fingerprint density at radius 1 is 1.23 bits per heavy atom. The fourth-order valence-corrected chi connectivity index (χ4v) is 2.18. The molecule has 0 aromatic heterocycles. The maximum Gasteiger partial charge on any atom is 0.239 e. The number of hydrogen-bond acceptors (Lipinski definition) is 3. The Kier molecular flexibility index (Phi) is 9.45. The Morgan fingerprint density at radius 3 is 2.32 bits per heavy atom. The van der Waals surface area contributed by atoms with Crippen LogP contribution < -0.4 is 11.1 Å². The van der Waals surface area contributed by atoms with Gasteiger partial charge in [-0.3, -0.25) is 9.59 Å². The molecule has 2 unspecified atom stereocenters. The molecule has 0 aliphatic carbocycles. The van der Waals surface area contributed by atoms with Crippen LogP contribution in [0, 0.1) is 5.92 Å². The van der Waals surface area contributed by atoms with Gasteiger partial charge in [-0.25, -0.2) is 0 Å². The summed E-state index contributed by atoms with van der Waals surface area (Å²) in [5.41, 5.74) is 7.10. The van der Waals surface area contributed by atoms with Crippen molar-refractivity contribution in [3.8, 4) is 0 Å². The molecule has 0 aliphatic heterocycles. The number of carbonyl (C=O) groups excluding carboxylic acids is 2. The van der Waals surface area contributed by atoms with Gasteiger partial charge < -0.3 is 16.0 Å². The zero-order valence-corrected chi connectivity index (χ0v) is 14.2. The maximum absolute atomic E-state index is 12.5. The summed E-state index contributed by atoms with van der Waals surface area (Å²) < 4.78 is 0. The minimum atomic E-state index is -0.373. The van der Waals surface area contributed by atoms with E-state index in [-0.39, 0.29) is 42.7 Å². The van der Waals surface area contributed by atoms with Gasteiger partial charge in [-0.15, -0.1) is 12.4 Å². The van der Waals surface area contributed by atoms with Crippen molar-refractivity contribution in [2.75, 3.05) is 19.6 Å². The van der Waals surface area contributed by atoms with E-state index in [4.69, 9.17) is 5.73 Å². The van der Waals surface area contributed by atoms with Crippen molar-refractivity contribution in [3.63, 3.8) is 0 Å². The van der Waals surface area contributed by atoms with E-state index >= 15 is 0 Å². The third kappa shape index (κ3) is 5.66. The van der Waals surface area contributed by atoms with Crippen molar-refractivity contribution in [1.82, 2.24) is 10.2 Å². The van der Waals surface area contributed by atoms with Crippen molar-refractivity contribution < 1.29 is 9.59 Å². The molecule has 0 saturated heterocycles. The first kappa shape index (κ1) is 20.4. The van der Waals surface area contributed by atoms with E-state index in [0.29, 0.717) is 13.1 Å². The molecule has 1 aromatic carbocycles. The minimum Gasteiger partial charge on any atom is -0.355 e. The molecular weight excluding hydrogens is 302 g/mol. The van der Waals surface area contributed by atoms with E-state index in [0.717, 1.165) is 5.56 Å². The van der Waals surface area contributed by atoms with Gasteiger partial charge in [0.15, 0.2) is 0 Å². The topological polar surface area (TPSA) is 75.4 Å². The normalized spacial score (nSPS) is 12.7. The molecule has 5 nitrogen and oxygen atoms in total. The summed E-state index contributed by atoms with van der Waals surface area (Å²) in [4.78, 5) is 25.7. The van der Waals surface area contributed by atoms with Crippen molar-refractivity contribution in [1.29, 1.82) is 0 Å². The lowest BCUT2D eigenvalue weighted by Gasteiger charge is -2.27. The number of nitrogens with two attached hydrogens (primary N) is 1. The Balaban J connectivity index is 0.00000441. The maximum atomic E-state index is 12.5. The fourth-order valence-electron chi connectivity index (χ4n) is 2.18. The van der Waals surface area contributed by atoms with Gasteiger partial charge in [0, 0.05) is 19.1 Å². The molecular formula is C16H26ClN3O2. The lowest BCUT2D eigenvalue weighted by molar-refractivity contribution is -0.139. The van der Waals surface area contributed by atoms with Gasteiger partial charge in [0.05, 0.1) is 12.5 Å². The van der Waals surface area contributed by atoms with Gasteiger partial charge in [-0.2, -0.15) is 0 Å². The third-order valence-corrected chi connectivity index (χ3v) is 3.51. The molecule has 3 N–H and O–H groups in total. The first-order valence-corrected chi connectivity index (χ1v) is 7.37. The van der Waals surface area contributed by atoms with Crippen LogP contribution in [0.15, 0.2) is 30.3 Å². The molecule has 0 radical (unpaired) electrons. The number of likely N-dealkylation sites (N-methyl/N-ethyl adjacent to an activating group) is 2. The Bertz CT molecular complexity index is 468. The zero-order chi connectivity index (χ0) is 15.8. The number of amides is 2. The molecule has 0 saturated carbocycles. The smallest absolute Gasteiger partial charge is 0.239 e. The van der Waals surface area contributed by atoms with Crippen LogP contribution >= 0.6 is 12.4 Å². The molecule has 0 aliphatic rings. The summed E-state index contributed by atoms with van der Waals surface area (Å²) in [7, 11) is 0. The molecule has 0 fully saturated rings. The van der Waals surface area contributed by atoms with Crippen LogP contribution in [0.1, 0.15) is 32.4 Å². The van der Waals surface area contributed by atoms with Gasteiger partial charge in [-0.05, 0) is 19.4 Å². The van der Waals surface area contributed by atoms with Gasteiger partial charge in [-0.1, -0.05) is 37.3 Å². The van der Waals surface area contributed by atoms with Gasteiger partial charge >= 0.3 is 0 Å². The molecule has 1 aromatic rings. The second-order valence-electron chi connectivity index (χ2n) is 5.03. The number of nitrogens with zero attached hydrogens (tertiary/aromatic N) is 1. The zero-order valence-electron chi connectivity index (χ0n) is 13.4. The van der Waals surface area contributed by atoms with Crippen LogP contribution in [0.4, 0.5) is 0 Å². The molecule has 2 atom stereocenters. The van der Waals surface area contributed by atoms with E-state index in [1.807, 2.05) is 44.2 Å². The largest absolute Gasteiger partial charge is 0.355 e. The van der Waals surface area contributed by atoms with Crippen molar-refractivity contribution in [3.05, 3.63) is 35.9 Å². The lowest BCUT2D eigenvalue weighted by Crippen LogP contribution is -2.44. The minimum absolute atomic E-state index is 0. The van der Waals surface area contributed by atoms with E-state index in [1.165, 1.54) is 0 Å². The molecule has 0 bridgehead atoms. The first-order chi connectivity index (χ1) is 10.0. The highest BCUT2D eigenvalue weighted by Crippen LogP contribution is 2.20. The van der Waals surface area contributed by atoms with Crippen LogP contribution in [0.25, 0.3) is 0 Å². The van der Waals surface area contributed by atoms with Crippen LogP contribution in [0.2, 0.25) is 0 Å². The average Bonchev–Trinajstić information content (AvgIpc) is 2.51. The van der Waals surface area contributed by atoms with Gasteiger partial charge in [0.25, 0.3) is 0 Å². The summed E-state index contributed by atoms with van der Waals surface area (Å²) in [6.07, 6.45) is 0. The number of nitrogens with one attached hydrogen (secondary N) is 1. The highest BCUT2D eigenvalue weighted by atomic mass is 35.5. The summed E-state index contributed by atoms with van der Waals surface area (Å²) in [5, 5.41) is 2.70. The van der Waals surface area contributed by atoms with E-state index < -0.39 is 0 Å². The number of halogens is 1. The highest BCUT2D eigenvalue weighted by molar-refractivity contribution is 5.86. The van der Waals surface area contributed by atoms with Crippen LogP contribution in [0.5, 0.6) is 0 Å². The summed E-state index contributed by atoms with van der Waals surface area (Å²) in [6.45, 7) is 6.64. The third-order valence-electron chi connectivity index (χ3n) is 3.51. The second-order valence-corrected chi connectivity index (χ2v) is 5.03. The van der Waals surface area contributed by atoms with Crippen LogP contribution in [-0.2, 0) is 9.59 Å². The SMILES string of the molecule is CCNC(=O)CN(CC)C(=O)C(C)C(N)c1ccccc1.Cl. The van der Waals surface area contributed by atoms with E-state index in [1.54, 1.807) is 11.8 Å². The summed E-state index contributed by atoms with van der Waals surface area (Å²) in [5.74, 6) is -0.616. The van der Waals surface area contributed by atoms with Crippen molar-refractivity contribution >= 4 is 24.2 Å². The monoisotopic (exact) mass is 327 g/mol. The Hall–Kier alpha value is -1.59. The number of benzene rings is 1. The van der Waals surface area contributed by atoms with E-state index in [2.05, 4.69) is 5.32 Å². The van der Waals surface area contributed by atoms with E-state index in [9.17, 15) is 9.59 Å². The highest BCUT2D eigenvalue weighted by Gasteiger charge is 2.26. The average molecular weight is 328 g/mol. The molecule has 1 rings (SSSR count). The fraction of sp³-hybridized carbons (Fsp3) is 0.500. The number of rotatable bonds is 7. The predicted octanol–water partition coefficient (Wildman–Crippen LogP) is 1.73. The van der Waals surface area contributed by atoms with Crippen LogP contribution in [0.3, 0.4) is 0 Å². The molecule has 6 heteroatoms. The van der Waals surface area contributed by atoms with Gasteiger partial charge in [0.2, 0.25) is 11.8 Å². The lowest BCUT2D eigenvalue weighted by atomic mass is 9.94. The second kappa shape index (κ2) is 10.2. The van der Waals surface area contributed by atoms with Crippen molar-refractivity contribution in [2.24, 2.45) is 11.7 Å². The molecule has 22 heavy (non-hydrogen) atoms. The Morgan fingerprint density at radius 2 is 1.82 bits per heavy atom. The quantitative estimate of drug-likeness (QED) is 0.800.